The number of rotatable bonds is 9. The number of carbonyl (C=O) groups is 1. The summed E-state index contributed by atoms with van der Waals surface area (Å²) in [4.78, 5) is 13.7. The van der Waals surface area contributed by atoms with Gasteiger partial charge in [0.2, 0.25) is 15.9 Å². The van der Waals surface area contributed by atoms with Crippen LogP contribution in [-0.2, 0) is 14.8 Å². The maximum Gasteiger partial charge on any atom is 0.240 e. The van der Waals surface area contributed by atoms with Gasteiger partial charge in [-0.05, 0) is 39.2 Å². The number of carbonyl (C=O) groups excluding carboxylic acids is 1. The highest BCUT2D eigenvalue weighted by Crippen LogP contribution is 2.09. The Labute approximate surface area is 126 Å². The van der Waals surface area contributed by atoms with Gasteiger partial charge in [0.25, 0.3) is 0 Å². The Bertz CT molecular complexity index is 404. The molecule has 0 bridgehead atoms. The van der Waals surface area contributed by atoms with E-state index in [1.54, 1.807) is 32.7 Å². The number of hydrogen-bond donors (Lipinski definition) is 2. The molecule has 0 aromatic carbocycles. The number of aliphatic hydroxyl groups is 1. The highest BCUT2D eigenvalue weighted by molar-refractivity contribution is 7.98. The maximum atomic E-state index is 12.3. The predicted molar refractivity (Wildman–Crippen MR) is 83.3 cm³/mol. The summed E-state index contributed by atoms with van der Waals surface area (Å²) < 4.78 is 25.7. The zero-order valence-electron chi connectivity index (χ0n) is 12.8. The number of nitrogens with zero attached hydrogens (tertiary/aromatic N) is 1. The van der Waals surface area contributed by atoms with Crippen LogP contribution in [0.3, 0.4) is 0 Å². The first-order valence-electron chi connectivity index (χ1n) is 6.48. The molecule has 1 atom stereocenters. The second-order valence-electron chi connectivity index (χ2n) is 5.36. The van der Waals surface area contributed by atoms with Crippen LogP contribution < -0.4 is 4.72 Å². The Kier molecular flexibility index (Phi) is 8.08. The van der Waals surface area contributed by atoms with E-state index in [4.69, 9.17) is 0 Å². The molecule has 0 aliphatic heterocycles. The lowest BCUT2D eigenvalue weighted by molar-refractivity contribution is -0.134. The van der Waals surface area contributed by atoms with E-state index in [0.717, 1.165) is 0 Å². The summed E-state index contributed by atoms with van der Waals surface area (Å²) in [6.07, 6.45) is 2.33. The van der Waals surface area contributed by atoms with Gasteiger partial charge in [-0.25, -0.2) is 13.1 Å². The normalized spacial score (nSPS) is 14.1. The molecule has 0 rings (SSSR count). The molecule has 0 radical (unpaired) electrons. The molecule has 120 valence electrons. The maximum absolute atomic E-state index is 12.3. The molecule has 0 fully saturated rings. The molecular formula is C12H26N2O4S2. The van der Waals surface area contributed by atoms with Crippen molar-refractivity contribution in [2.75, 3.05) is 31.4 Å². The number of nitrogens with one attached hydrogen (secondary N) is 1. The molecule has 0 saturated carbocycles. The molecule has 0 aliphatic rings. The third-order valence-corrected chi connectivity index (χ3v) is 4.66. The zero-order valence-corrected chi connectivity index (χ0v) is 14.5. The molecule has 0 spiro atoms. The first kappa shape index (κ1) is 19.7. The van der Waals surface area contributed by atoms with Gasteiger partial charge < -0.3 is 10.0 Å². The molecule has 1 unspecified atom stereocenters. The van der Waals surface area contributed by atoms with Crippen molar-refractivity contribution in [1.29, 1.82) is 0 Å². The third-order valence-electron chi connectivity index (χ3n) is 2.61. The van der Waals surface area contributed by atoms with Crippen molar-refractivity contribution in [3.05, 3.63) is 0 Å². The van der Waals surface area contributed by atoms with Crippen LogP contribution in [0.15, 0.2) is 0 Å². The van der Waals surface area contributed by atoms with E-state index in [-0.39, 0.29) is 18.2 Å². The summed E-state index contributed by atoms with van der Waals surface area (Å²) in [5.41, 5.74) is -1.02. The van der Waals surface area contributed by atoms with Crippen molar-refractivity contribution in [3.63, 3.8) is 0 Å². The molecule has 20 heavy (non-hydrogen) atoms. The van der Waals surface area contributed by atoms with Crippen molar-refractivity contribution in [1.82, 2.24) is 9.62 Å². The molecule has 0 aromatic rings. The minimum Gasteiger partial charge on any atom is -0.389 e. The Morgan fingerprint density at radius 1 is 1.45 bits per heavy atom. The fraction of sp³-hybridized carbons (Fsp3) is 0.917. The SMILES string of the molecule is CCS(=O)(=O)NC(CCSC)C(=O)N(C)CC(C)(C)O. The van der Waals surface area contributed by atoms with Crippen LogP contribution in [0.1, 0.15) is 27.2 Å². The van der Waals surface area contributed by atoms with Crippen molar-refractivity contribution in [2.45, 2.75) is 38.8 Å². The number of likely N-dealkylation sites (N-methyl/N-ethyl adjacent to an activating group) is 1. The Balaban J connectivity index is 4.89. The first-order chi connectivity index (χ1) is 9.02. The van der Waals surface area contributed by atoms with Crippen molar-refractivity contribution >= 4 is 27.7 Å². The third kappa shape index (κ3) is 8.08. The summed E-state index contributed by atoms with van der Waals surface area (Å²) in [6, 6.07) is -0.778. The molecule has 0 saturated heterocycles. The molecule has 6 nitrogen and oxygen atoms in total. The van der Waals surface area contributed by atoms with E-state index in [0.29, 0.717) is 12.2 Å². The average Bonchev–Trinajstić information content (AvgIpc) is 2.31. The molecule has 0 aromatic heterocycles. The zero-order chi connectivity index (χ0) is 16.0. The van der Waals surface area contributed by atoms with Crippen molar-refractivity contribution in [2.24, 2.45) is 0 Å². The molecule has 8 heteroatoms. The predicted octanol–water partition coefficient (Wildman–Crippen LogP) is 0.277. The van der Waals surface area contributed by atoms with Gasteiger partial charge in [-0.3, -0.25) is 4.79 Å². The number of sulfonamides is 1. The van der Waals surface area contributed by atoms with Gasteiger partial charge >= 0.3 is 0 Å². The standard InChI is InChI=1S/C12H26N2O4S2/c1-6-20(17,18)13-10(7-8-19-5)11(15)14(4)9-12(2,3)16/h10,13,16H,6-9H2,1-5H3. The fourth-order valence-corrected chi connectivity index (χ4v) is 2.98. The smallest absolute Gasteiger partial charge is 0.240 e. The van der Waals surface area contributed by atoms with Gasteiger partial charge in [0.1, 0.15) is 6.04 Å². The monoisotopic (exact) mass is 326 g/mol. The lowest BCUT2D eigenvalue weighted by Crippen LogP contribution is -2.50. The number of amides is 1. The highest BCUT2D eigenvalue weighted by atomic mass is 32.2. The van der Waals surface area contributed by atoms with Gasteiger partial charge in [-0.1, -0.05) is 0 Å². The topological polar surface area (TPSA) is 86.7 Å². The molecular weight excluding hydrogens is 300 g/mol. The Morgan fingerprint density at radius 3 is 2.40 bits per heavy atom. The largest absolute Gasteiger partial charge is 0.389 e. The minimum atomic E-state index is -3.44. The minimum absolute atomic E-state index is 0.0642. The van der Waals surface area contributed by atoms with Gasteiger partial charge in [-0.15, -0.1) is 0 Å². The van der Waals surface area contributed by atoms with Crippen LogP contribution in [-0.4, -0.2) is 67.3 Å². The summed E-state index contributed by atoms with van der Waals surface area (Å²) in [5.74, 6) is 0.294. The van der Waals surface area contributed by atoms with E-state index in [2.05, 4.69) is 4.72 Å². The number of thioether (sulfide) groups is 1. The number of hydrogen-bond acceptors (Lipinski definition) is 5. The van der Waals surface area contributed by atoms with Crippen molar-refractivity contribution < 1.29 is 18.3 Å². The van der Waals surface area contributed by atoms with E-state index in [9.17, 15) is 18.3 Å². The van der Waals surface area contributed by atoms with E-state index in [1.165, 1.54) is 11.8 Å². The van der Waals surface area contributed by atoms with Gasteiger partial charge in [0.15, 0.2) is 0 Å². The van der Waals surface area contributed by atoms with Crippen LogP contribution in [0.4, 0.5) is 0 Å². The quantitative estimate of drug-likeness (QED) is 0.635. The molecule has 0 aliphatic carbocycles. The summed E-state index contributed by atoms with van der Waals surface area (Å²) in [6.45, 7) is 4.88. The van der Waals surface area contributed by atoms with E-state index < -0.39 is 21.7 Å². The molecule has 1 amide bonds. The second kappa shape index (κ2) is 8.21. The van der Waals surface area contributed by atoms with Gasteiger partial charge in [0.05, 0.1) is 11.4 Å². The lowest BCUT2D eigenvalue weighted by Gasteiger charge is -2.29. The average molecular weight is 326 g/mol. The second-order valence-corrected chi connectivity index (χ2v) is 8.39. The van der Waals surface area contributed by atoms with Crippen LogP contribution in [0.25, 0.3) is 0 Å². The van der Waals surface area contributed by atoms with Crippen LogP contribution in [0.2, 0.25) is 0 Å². The first-order valence-corrected chi connectivity index (χ1v) is 9.53. The van der Waals surface area contributed by atoms with E-state index >= 15 is 0 Å². The highest BCUT2D eigenvalue weighted by Gasteiger charge is 2.28. The Hall–Kier alpha value is -0.310. The van der Waals surface area contributed by atoms with Crippen molar-refractivity contribution in [3.8, 4) is 0 Å². The summed E-state index contributed by atoms with van der Waals surface area (Å²) >= 11 is 1.55. The van der Waals surface area contributed by atoms with Crippen LogP contribution >= 0.6 is 11.8 Å². The molecule has 2 N–H and O–H groups in total. The lowest BCUT2D eigenvalue weighted by atomic mass is 10.1. The van der Waals surface area contributed by atoms with Crippen LogP contribution in [0.5, 0.6) is 0 Å². The van der Waals surface area contributed by atoms with E-state index in [1.807, 2.05) is 6.26 Å². The summed E-state index contributed by atoms with van der Waals surface area (Å²) in [7, 11) is -1.88. The Morgan fingerprint density at radius 2 is 2.00 bits per heavy atom. The summed E-state index contributed by atoms with van der Waals surface area (Å²) in [5, 5.41) is 9.74. The van der Waals surface area contributed by atoms with Gasteiger partial charge in [-0.2, -0.15) is 11.8 Å². The van der Waals surface area contributed by atoms with Gasteiger partial charge in [0, 0.05) is 13.6 Å². The fourth-order valence-electron chi connectivity index (χ4n) is 1.69. The van der Waals surface area contributed by atoms with Crippen LogP contribution in [0, 0.1) is 0 Å². The molecule has 0 heterocycles.